The van der Waals surface area contributed by atoms with Gasteiger partial charge in [-0.15, -0.1) is 5.10 Å². The highest BCUT2D eigenvalue weighted by molar-refractivity contribution is 8.14. The summed E-state index contributed by atoms with van der Waals surface area (Å²) in [6.45, 7) is 11.8. The standard InChI is InChI=1S/C15H19ClN4O3.C15H21NOS/c1-15(2,3)12-18-20(14(22)23-12)11-7-6-9(8-10(11)16)17-13(21)19(4)5;1-15(2,13-9-5-3-6-10-13)18-14(17)16-11-7-4-8-12-16/h6-8H,1-5H3,(H,17,21);3,5-6,9-10H,4,7-8,11-12H2,1-2H3. The van der Waals surface area contributed by atoms with Crippen LogP contribution in [0.15, 0.2) is 57.7 Å². The molecular formula is C30H40ClN5O4S. The molecule has 0 aliphatic carbocycles. The number of urea groups is 1. The van der Waals surface area contributed by atoms with Gasteiger partial charge in [0.25, 0.3) is 5.24 Å². The van der Waals surface area contributed by atoms with Gasteiger partial charge < -0.3 is 19.5 Å². The van der Waals surface area contributed by atoms with Crippen molar-refractivity contribution in [3.8, 4) is 5.69 Å². The van der Waals surface area contributed by atoms with E-state index in [0.29, 0.717) is 17.3 Å². The molecule has 1 fully saturated rings. The minimum absolute atomic E-state index is 0.157. The van der Waals surface area contributed by atoms with Crippen molar-refractivity contribution in [3.05, 3.63) is 75.6 Å². The largest absolute Gasteiger partial charge is 0.442 e. The summed E-state index contributed by atoms with van der Waals surface area (Å²) >= 11 is 7.66. The number of nitrogens with one attached hydrogen (secondary N) is 1. The van der Waals surface area contributed by atoms with Crippen LogP contribution in [0.5, 0.6) is 0 Å². The summed E-state index contributed by atoms with van der Waals surface area (Å²) in [5.41, 5.74) is 1.72. The molecule has 3 amide bonds. The number of carbonyl (C=O) groups is 2. The number of piperidine rings is 1. The van der Waals surface area contributed by atoms with Crippen LogP contribution in [0.25, 0.3) is 5.69 Å². The van der Waals surface area contributed by atoms with Gasteiger partial charge >= 0.3 is 11.8 Å². The first kappa shape index (κ1) is 32.3. The van der Waals surface area contributed by atoms with Gasteiger partial charge in [-0.1, -0.05) is 74.5 Å². The molecule has 4 rings (SSSR count). The maximum absolute atomic E-state index is 12.3. The van der Waals surface area contributed by atoms with Crippen LogP contribution in [0.2, 0.25) is 5.02 Å². The summed E-state index contributed by atoms with van der Waals surface area (Å²) in [5.74, 6) is -0.287. The van der Waals surface area contributed by atoms with E-state index in [1.165, 1.54) is 28.6 Å². The average Bonchev–Trinajstić information content (AvgIpc) is 3.32. The molecule has 2 aromatic carbocycles. The zero-order chi connectivity index (χ0) is 30.4. The van der Waals surface area contributed by atoms with Gasteiger partial charge in [0.1, 0.15) is 0 Å². The smallest absolute Gasteiger partial charge is 0.391 e. The van der Waals surface area contributed by atoms with E-state index < -0.39 is 11.2 Å². The molecule has 1 N–H and O–H groups in total. The van der Waals surface area contributed by atoms with E-state index in [-0.39, 0.29) is 21.0 Å². The predicted molar refractivity (Wildman–Crippen MR) is 166 cm³/mol. The molecule has 0 spiro atoms. The van der Waals surface area contributed by atoms with Crippen LogP contribution in [0.4, 0.5) is 15.3 Å². The maximum Gasteiger partial charge on any atom is 0.442 e. The summed E-state index contributed by atoms with van der Waals surface area (Å²) in [7, 11) is 3.27. The molecule has 9 nitrogen and oxygen atoms in total. The fourth-order valence-electron chi connectivity index (χ4n) is 3.98. The normalized spacial score (nSPS) is 13.7. The number of nitrogens with zero attached hydrogens (tertiary/aromatic N) is 4. The van der Waals surface area contributed by atoms with Gasteiger partial charge in [0.2, 0.25) is 5.89 Å². The number of carbonyl (C=O) groups excluding carboxylic acids is 2. The lowest BCUT2D eigenvalue weighted by molar-refractivity contribution is 0.211. The number of anilines is 1. The highest BCUT2D eigenvalue weighted by atomic mass is 35.5. The van der Waals surface area contributed by atoms with E-state index in [2.05, 4.69) is 36.4 Å². The predicted octanol–water partition coefficient (Wildman–Crippen LogP) is 7.13. The number of benzene rings is 2. The van der Waals surface area contributed by atoms with Gasteiger partial charge in [0.15, 0.2) is 0 Å². The molecule has 1 aromatic heterocycles. The Balaban J connectivity index is 0.000000232. The number of thioether (sulfide) groups is 1. The van der Waals surface area contributed by atoms with Crippen LogP contribution in [-0.2, 0) is 10.2 Å². The van der Waals surface area contributed by atoms with Crippen LogP contribution in [0.3, 0.4) is 0 Å². The number of hydrogen-bond acceptors (Lipinski definition) is 6. The topological polar surface area (TPSA) is 101 Å². The Morgan fingerprint density at radius 2 is 1.63 bits per heavy atom. The first-order valence-electron chi connectivity index (χ1n) is 13.6. The van der Waals surface area contributed by atoms with Crippen molar-refractivity contribution in [2.24, 2.45) is 0 Å². The number of aromatic nitrogens is 2. The van der Waals surface area contributed by atoms with Crippen LogP contribution in [0.1, 0.15) is 65.3 Å². The van der Waals surface area contributed by atoms with E-state index in [1.54, 1.807) is 32.3 Å². The number of halogens is 1. The molecule has 0 saturated carbocycles. The fraction of sp³-hybridized carbons (Fsp3) is 0.467. The Morgan fingerprint density at radius 1 is 1.00 bits per heavy atom. The third kappa shape index (κ3) is 8.87. The average molecular weight is 602 g/mol. The summed E-state index contributed by atoms with van der Waals surface area (Å²) < 4.78 is 6.13. The number of rotatable bonds is 4. The molecular weight excluding hydrogens is 562 g/mol. The van der Waals surface area contributed by atoms with Gasteiger partial charge in [-0.2, -0.15) is 4.68 Å². The Bertz CT molecular complexity index is 1390. The molecule has 3 aromatic rings. The lowest BCUT2D eigenvalue weighted by Gasteiger charge is -2.30. The molecule has 1 aliphatic rings. The van der Waals surface area contributed by atoms with Crippen LogP contribution in [-0.4, -0.2) is 58.0 Å². The summed E-state index contributed by atoms with van der Waals surface area (Å²) in [4.78, 5) is 39.3. The highest BCUT2D eigenvalue weighted by Gasteiger charge is 2.28. The fourth-order valence-corrected chi connectivity index (χ4v) is 5.25. The number of hydrogen-bond donors (Lipinski definition) is 1. The first-order chi connectivity index (χ1) is 19.2. The summed E-state index contributed by atoms with van der Waals surface area (Å²) in [6.07, 6.45) is 3.56. The molecule has 0 bridgehead atoms. The van der Waals surface area contributed by atoms with Crippen molar-refractivity contribution in [2.45, 2.75) is 64.0 Å². The summed E-state index contributed by atoms with van der Waals surface area (Å²) in [6, 6.07) is 14.8. The van der Waals surface area contributed by atoms with E-state index in [1.807, 2.05) is 43.9 Å². The quantitative estimate of drug-likeness (QED) is 0.341. The van der Waals surface area contributed by atoms with Gasteiger partial charge in [0.05, 0.1) is 10.7 Å². The second-order valence-electron chi connectivity index (χ2n) is 11.6. The van der Waals surface area contributed by atoms with E-state index in [9.17, 15) is 14.4 Å². The molecule has 41 heavy (non-hydrogen) atoms. The Morgan fingerprint density at radius 3 is 2.17 bits per heavy atom. The van der Waals surface area contributed by atoms with E-state index in [0.717, 1.165) is 30.6 Å². The third-order valence-corrected chi connectivity index (χ3v) is 7.93. The lowest BCUT2D eigenvalue weighted by Crippen LogP contribution is -2.34. The second kappa shape index (κ2) is 13.6. The third-order valence-electron chi connectivity index (χ3n) is 6.45. The van der Waals surface area contributed by atoms with Gasteiger partial charge in [-0.25, -0.2) is 9.59 Å². The zero-order valence-corrected chi connectivity index (χ0v) is 26.4. The molecule has 1 aliphatic heterocycles. The monoisotopic (exact) mass is 601 g/mol. The number of likely N-dealkylation sites (tertiary alicyclic amines) is 1. The van der Waals surface area contributed by atoms with Gasteiger partial charge in [-0.05, 0) is 56.9 Å². The summed E-state index contributed by atoms with van der Waals surface area (Å²) in [5, 5.41) is 7.37. The Labute approximate surface area is 251 Å². The Kier molecular flexibility index (Phi) is 10.7. The number of amides is 3. The molecule has 1 saturated heterocycles. The molecule has 11 heteroatoms. The van der Waals surface area contributed by atoms with Crippen molar-refractivity contribution >= 4 is 40.3 Å². The van der Waals surface area contributed by atoms with E-state index in [4.69, 9.17) is 16.0 Å². The molecule has 222 valence electrons. The molecule has 0 radical (unpaired) electrons. The SMILES string of the molecule is CC(C)(SC(=O)N1CCCCC1)c1ccccc1.CN(C)C(=O)Nc1ccc(-n2nc(C(C)(C)C)oc2=O)c(Cl)c1. The maximum atomic E-state index is 12.3. The minimum atomic E-state index is -0.609. The van der Waals surface area contributed by atoms with Gasteiger partial charge in [-0.3, -0.25) is 4.79 Å². The van der Waals surface area contributed by atoms with Crippen LogP contribution >= 0.6 is 23.4 Å². The molecule has 0 atom stereocenters. The first-order valence-corrected chi connectivity index (χ1v) is 14.8. The zero-order valence-electron chi connectivity index (χ0n) is 24.9. The van der Waals surface area contributed by atoms with Crippen molar-refractivity contribution < 1.29 is 14.0 Å². The van der Waals surface area contributed by atoms with Crippen LogP contribution < -0.4 is 11.1 Å². The van der Waals surface area contributed by atoms with Gasteiger partial charge in [0, 0.05) is 43.0 Å². The van der Waals surface area contributed by atoms with Crippen molar-refractivity contribution in [1.82, 2.24) is 19.6 Å². The molecule has 0 unspecified atom stereocenters. The van der Waals surface area contributed by atoms with Crippen molar-refractivity contribution in [1.29, 1.82) is 0 Å². The molecule has 2 heterocycles. The lowest BCUT2D eigenvalue weighted by atomic mass is 9.97. The Hall–Kier alpha value is -3.24. The van der Waals surface area contributed by atoms with Crippen molar-refractivity contribution in [3.63, 3.8) is 0 Å². The second-order valence-corrected chi connectivity index (χ2v) is 13.6. The van der Waals surface area contributed by atoms with Crippen LogP contribution in [0, 0.1) is 0 Å². The highest BCUT2D eigenvalue weighted by Crippen LogP contribution is 2.37. The minimum Gasteiger partial charge on any atom is -0.391 e. The van der Waals surface area contributed by atoms with Crippen molar-refractivity contribution in [2.75, 3.05) is 32.5 Å². The van der Waals surface area contributed by atoms with E-state index >= 15 is 0 Å².